The number of thiazole rings is 1. The van der Waals surface area contributed by atoms with Crippen molar-refractivity contribution in [2.24, 2.45) is 4.99 Å². The Labute approximate surface area is 150 Å². The molecule has 0 bridgehead atoms. The van der Waals surface area contributed by atoms with Crippen LogP contribution in [0.25, 0.3) is 10.2 Å². The summed E-state index contributed by atoms with van der Waals surface area (Å²) in [5, 5.41) is 11.3. The number of fused-ring (bicyclic) bond motifs is 1. The van der Waals surface area contributed by atoms with Crippen molar-refractivity contribution in [1.29, 1.82) is 0 Å². The molecule has 6 nitrogen and oxygen atoms in total. The highest BCUT2D eigenvalue weighted by Crippen LogP contribution is 2.24. The standard InChI is InChI=1S/C16H11ClFN3O3S/c1-2-20-13-6-4-10(18)8-14(13)25-16(20)19-15(22)11-7-9(17)3-5-12(11)21(23)24/h3-8H,2H2,1H3. The predicted molar refractivity (Wildman–Crippen MR) is 93.4 cm³/mol. The Morgan fingerprint density at radius 1 is 1.36 bits per heavy atom. The monoisotopic (exact) mass is 379 g/mol. The molecule has 0 fully saturated rings. The van der Waals surface area contributed by atoms with Crippen LogP contribution in [-0.2, 0) is 6.54 Å². The van der Waals surface area contributed by atoms with Crippen LogP contribution >= 0.6 is 22.9 Å². The molecule has 128 valence electrons. The molecule has 0 atom stereocenters. The van der Waals surface area contributed by atoms with Crippen molar-refractivity contribution in [1.82, 2.24) is 4.57 Å². The van der Waals surface area contributed by atoms with Gasteiger partial charge in [0.1, 0.15) is 11.4 Å². The van der Waals surface area contributed by atoms with Crippen molar-refractivity contribution in [3.8, 4) is 0 Å². The summed E-state index contributed by atoms with van der Waals surface area (Å²) in [5.41, 5.74) is 0.179. The van der Waals surface area contributed by atoms with E-state index in [4.69, 9.17) is 11.6 Å². The summed E-state index contributed by atoms with van der Waals surface area (Å²) in [4.78, 5) is 27.3. The SMILES string of the molecule is CCn1c(=NC(=O)c2cc(Cl)ccc2[N+](=O)[O-])sc2cc(F)ccc21. The molecular formula is C16H11ClFN3O3S. The molecule has 0 saturated carbocycles. The normalized spacial score (nSPS) is 11.9. The zero-order valence-electron chi connectivity index (χ0n) is 12.9. The van der Waals surface area contributed by atoms with Gasteiger partial charge in [0.2, 0.25) is 0 Å². The van der Waals surface area contributed by atoms with Crippen LogP contribution in [0.1, 0.15) is 17.3 Å². The van der Waals surface area contributed by atoms with E-state index >= 15 is 0 Å². The van der Waals surface area contributed by atoms with E-state index in [1.54, 1.807) is 10.6 Å². The average Bonchev–Trinajstić information content (AvgIpc) is 2.90. The summed E-state index contributed by atoms with van der Waals surface area (Å²) < 4.78 is 15.8. The molecule has 0 N–H and O–H groups in total. The lowest BCUT2D eigenvalue weighted by Gasteiger charge is -2.01. The minimum atomic E-state index is -0.775. The van der Waals surface area contributed by atoms with E-state index < -0.39 is 10.8 Å². The van der Waals surface area contributed by atoms with Crippen molar-refractivity contribution in [2.75, 3.05) is 0 Å². The molecule has 0 spiro atoms. The Morgan fingerprint density at radius 2 is 2.12 bits per heavy atom. The first-order chi connectivity index (χ1) is 11.9. The number of carbonyl (C=O) groups is 1. The van der Waals surface area contributed by atoms with Gasteiger partial charge >= 0.3 is 0 Å². The number of rotatable bonds is 3. The second kappa shape index (κ2) is 6.73. The lowest BCUT2D eigenvalue weighted by molar-refractivity contribution is -0.385. The van der Waals surface area contributed by atoms with Gasteiger partial charge in [0.25, 0.3) is 11.6 Å². The number of amides is 1. The van der Waals surface area contributed by atoms with Crippen molar-refractivity contribution in [3.63, 3.8) is 0 Å². The molecule has 3 rings (SSSR count). The summed E-state index contributed by atoms with van der Waals surface area (Å²) >= 11 is 6.98. The maximum Gasteiger partial charge on any atom is 0.286 e. The number of hydrogen-bond acceptors (Lipinski definition) is 4. The van der Waals surface area contributed by atoms with Crippen LogP contribution < -0.4 is 4.80 Å². The molecular weight excluding hydrogens is 369 g/mol. The number of carbonyl (C=O) groups excluding carboxylic acids is 1. The van der Waals surface area contributed by atoms with Crippen LogP contribution in [0, 0.1) is 15.9 Å². The first-order valence-electron chi connectivity index (χ1n) is 7.22. The summed E-state index contributed by atoms with van der Waals surface area (Å²) in [6.45, 7) is 2.37. The number of benzene rings is 2. The molecule has 25 heavy (non-hydrogen) atoms. The van der Waals surface area contributed by atoms with Crippen LogP contribution in [-0.4, -0.2) is 15.4 Å². The largest absolute Gasteiger partial charge is 0.317 e. The van der Waals surface area contributed by atoms with Crippen LogP contribution in [0.15, 0.2) is 41.4 Å². The summed E-state index contributed by atoms with van der Waals surface area (Å²) in [5.74, 6) is -1.16. The molecule has 2 aromatic carbocycles. The minimum absolute atomic E-state index is 0.191. The molecule has 0 saturated heterocycles. The zero-order chi connectivity index (χ0) is 18.1. The molecule has 0 unspecified atom stereocenters. The van der Waals surface area contributed by atoms with Gasteiger partial charge in [-0.2, -0.15) is 4.99 Å². The molecule has 1 aromatic heterocycles. The van der Waals surface area contributed by atoms with Gasteiger partial charge in [-0.3, -0.25) is 14.9 Å². The molecule has 0 aliphatic carbocycles. The number of nitrogens with zero attached hydrogens (tertiary/aromatic N) is 3. The van der Waals surface area contributed by atoms with E-state index in [0.717, 1.165) is 16.9 Å². The minimum Gasteiger partial charge on any atom is -0.317 e. The molecule has 9 heteroatoms. The first-order valence-corrected chi connectivity index (χ1v) is 8.42. The fraction of sp³-hybridized carbons (Fsp3) is 0.125. The highest BCUT2D eigenvalue weighted by atomic mass is 35.5. The number of hydrogen-bond donors (Lipinski definition) is 0. The third-order valence-corrected chi connectivity index (χ3v) is 4.82. The highest BCUT2D eigenvalue weighted by molar-refractivity contribution is 7.16. The lowest BCUT2D eigenvalue weighted by Crippen LogP contribution is -2.16. The van der Waals surface area contributed by atoms with Crippen molar-refractivity contribution in [2.45, 2.75) is 13.5 Å². The highest BCUT2D eigenvalue weighted by Gasteiger charge is 2.20. The van der Waals surface area contributed by atoms with Crippen molar-refractivity contribution >= 4 is 44.7 Å². The number of halogens is 2. The van der Waals surface area contributed by atoms with Crippen LogP contribution in [0.4, 0.5) is 10.1 Å². The van der Waals surface area contributed by atoms with Gasteiger partial charge in [-0.05, 0) is 37.3 Å². The molecule has 1 heterocycles. The van der Waals surface area contributed by atoms with E-state index in [1.165, 1.54) is 30.3 Å². The number of nitro groups is 1. The summed E-state index contributed by atoms with van der Waals surface area (Å²) in [6.07, 6.45) is 0. The molecule has 0 radical (unpaired) electrons. The second-order valence-corrected chi connectivity index (χ2v) is 6.52. The van der Waals surface area contributed by atoms with E-state index in [-0.39, 0.29) is 22.1 Å². The van der Waals surface area contributed by atoms with Crippen LogP contribution in [0.5, 0.6) is 0 Å². The van der Waals surface area contributed by atoms with Gasteiger partial charge in [0, 0.05) is 17.6 Å². The lowest BCUT2D eigenvalue weighted by atomic mass is 10.2. The number of aryl methyl sites for hydroxylation is 1. The Hall–Kier alpha value is -2.58. The second-order valence-electron chi connectivity index (χ2n) is 5.08. The Morgan fingerprint density at radius 3 is 2.80 bits per heavy atom. The van der Waals surface area contributed by atoms with Crippen LogP contribution in [0.3, 0.4) is 0 Å². The maximum atomic E-state index is 13.4. The number of nitro benzene ring substituents is 1. The van der Waals surface area contributed by atoms with E-state index in [2.05, 4.69) is 4.99 Å². The topological polar surface area (TPSA) is 77.5 Å². The van der Waals surface area contributed by atoms with E-state index in [0.29, 0.717) is 16.0 Å². The predicted octanol–water partition coefficient (Wildman–Crippen LogP) is 4.16. The van der Waals surface area contributed by atoms with Gasteiger partial charge in [-0.25, -0.2) is 4.39 Å². The van der Waals surface area contributed by atoms with E-state index in [9.17, 15) is 19.3 Å². The summed E-state index contributed by atoms with van der Waals surface area (Å²) in [6, 6.07) is 8.01. The van der Waals surface area contributed by atoms with Crippen LogP contribution in [0.2, 0.25) is 5.02 Å². The van der Waals surface area contributed by atoms with E-state index in [1.807, 2.05) is 6.92 Å². The van der Waals surface area contributed by atoms with Crippen molar-refractivity contribution in [3.05, 3.63) is 67.7 Å². The fourth-order valence-corrected chi connectivity index (χ4v) is 3.71. The first kappa shape index (κ1) is 17.2. The third-order valence-electron chi connectivity index (χ3n) is 3.54. The average molecular weight is 380 g/mol. The fourth-order valence-electron chi connectivity index (χ4n) is 2.42. The molecule has 0 aliphatic rings. The van der Waals surface area contributed by atoms with Gasteiger partial charge < -0.3 is 4.57 Å². The van der Waals surface area contributed by atoms with Crippen molar-refractivity contribution < 1.29 is 14.1 Å². The quantitative estimate of drug-likeness (QED) is 0.506. The molecule has 3 aromatic rings. The third kappa shape index (κ3) is 3.31. The van der Waals surface area contributed by atoms with Gasteiger partial charge in [0.05, 0.1) is 15.1 Å². The Kier molecular flexibility index (Phi) is 4.65. The summed E-state index contributed by atoms with van der Waals surface area (Å²) in [7, 11) is 0. The Balaban J connectivity index is 2.19. The molecule has 0 aliphatic heterocycles. The smallest absolute Gasteiger partial charge is 0.286 e. The zero-order valence-corrected chi connectivity index (χ0v) is 14.5. The maximum absolute atomic E-state index is 13.4. The Bertz CT molecular complexity index is 1070. The van der Waals surface area contributed by atoms with Gasteiger partial charge in [-0.1, -0.05) is 22.9 Å². The number of aromatic nitrogens is 1. The van der Waals surface area contributed by atoms with Gasteiger partial charge in [-0.15, -0.1) is 0 Å². The van der Waals surface area contributed by atoms with Gasteiger partial charge in [0.15, 0.2) is 4.80 Å². The molecule has 1 amide bonds.